The third kappa shape index (κ3) is 2.92. The molecule has 1 aliphatic carbocycles. The molecule has 6 heteroatoms. The molecule has 0 bridgehead atoms. The lowest BCUT2D eigenvalue weighted by atomic mass is 10.2. The average Bonchev–Trinajstić information content (AvgIpc) is 2.99. The maximum atomic E-state index is 12.6. The Balaban J connectivity index is 1.86. The Morgan fingerprint density at radius 3 is 2.82 bits per heavy atom. The van der Waals surface area contributed by atoms with Crippen LogP contribution >= 0.6 is 11.8 Å². The van der Waals surface area contributed by atoms with Crippen molar-refractivity contribution in [3.63, 3.8) is 0 Å². The highest BCUT2D eigenvalue weighted by Gasteiger charge is 2.21. The van der Waals surface area contributed by atoms with Crippen molar-refractivity contribution in [2.24, 2.45) is 0 Å². The predicted octanol–water partition coefficient (Wildman–Crippen LogP) is 2.09. The third-order valence-corrected chi connectivity index (χ3v) is 4.37. The SMILES string of the molecule is CSc1nc2c(c(=O)n1CC(=O)Nc1ccccc1)CCC2. The Bertz CT molecular complexity index is 756. The van der Waals surface area contributed by atoms with Gasteiger partial charge >= 0.3 is 0 Å². The Labute approximate surface area is 132 Å². The zero-order valence-electron chi connectivity index (χ0n) is 12.3. The summed E-state index contributed by atoms with van der Waals surface area (Å²) in [7, 11) is 0. The molecule has 0 fully saturated rings. The molecular weight excluding hydrogens is 298 g/mol. The minimum absolute atomic E-state index is 0.00974. The van der Waals surface area contributed by atoms with Crippen LogP contribution in [0.5, 0.6) is 0 Å². The molecule has 0 saturated heterocycles. The van der Waals surface area contributed by atoms with Crippen molar-refractivity contribution < 1.29 is 4.79 Å². The van der Waals surface area contributed by atoms with Gasteiger partial charge in [0.25, 0.3) is 5.56 Å². The molecule has 0 radical (unpaired) electrons. The molecule has 0 saturated carbocycles. The first-order valence-corrected chi connectivity index (χ1v) is 8.43. The van der Waals surface area contributed by atoms with Gasteiger partial charge < -0.3 is 5.32 Å². The number of carbonyl (C=O) groups excluding carboxylic acids is 1. The van der Waals surface area contributed by atoms with E-state index in [2.05, 4.69) is 10.3 Å². The minimum Gasteiger partial charge on any atom is -0.325 e. The standard InChI is InChI=1S/C16H17N3O2S/c1-22-16-18-13-9-5-8-12(13)15(21)19(16)10-14(20)17-11-6-3-2-4-7-11/h2-4,6-7H,5,8-10H2,1H3,(H,17,20). The number of thioether (sulfide) groups is 1. The number of amides is 1. The first kappa shape index (κ1) is 14.8. The van der Waals surface area contributed by atoms with Gasteiger partial charge in [-0.25, -0.2) is 4.98 Å². The highest BCUT2D eigenvalue weighted by atomic mass is 32.2. The van der Waals surface area contributed by atoms with E-state index in [0.717, 1.165) is 36.2 Å². The summed E-state index contributed by atoms with van der Waals surface area (Å²) in [6.07, 6.45) is 4.45. The number of nitrogens with zero attached hydrogens (tertiary/aromatic N) is 2. The second-order valence-corrected chi connectivity index (χ2v) is 5.96. The Morgan fingerprint density at radius 2 is 2.09 bits per heavy atom. The fourth-order valence-corrected chi connectivity index (χ4v) is 3.24. The van der Waals surface area contributed by atoms with Crippen molar-refractivity contribution in [2.75, 3.05) is 11.6 Å². The molecule has 1 aromatic heterocycles. The van der Waals surface area contributed by atoms with Gasteiger partial charge in [0.1, 0.15) is 6.54 Å². The zero-order chi connectivity index (χ0) is 15.5. The topological polar surface area (TPSA) is 64.0 Å². The lowest BCUT2D eigenvalue weighted by molar-refractivity contribution is -0.116. The Hall–Kier alpha value is -2.08. The summed E-state index contributed by atoms with van der Waals surface area (Å²) in [4.78, 5) is 29.3. The number of rotatable bonds is 4. The van der Waals surface area contributed by atoms with Crippen LogP contribution in [0.3, 0.4) is 0 Å². The maximum Gasteiger partial charge on any atom is 0.258 e. The first-order valence-electron chi connectivity index (χ1n) is 7.20. The smallest absolute Gasteiger partial charge is 0.258 e. The van der Waals surface area contributed by atoms with Crippen LogP contribution in [0.1, 0.15) is 17.7 Å². The van der Waals surface area contributed by atoms with E-state index in [9.17, 15) is 9.59 Å². The van der Waals surface area contributed by atoms with Gasteiger partial charge in [0.15, 0.2) is 5.16 Å². The van der Waals surface area contributed by atoms with Crippen LogP contribution in [-0.2, 0) is 24.2 Å². The van der Waals surface area contributed by atoms with Gasteiger partial charge in [0.05, 0.1) is 5.69 Å². The second-order valence-electron chi connectivity index (χ2n) is 5.18. The van der Waals surface area contributed by atoms with Gasteiger partial charge in [-0.1, -0.05) is 30.0 Å². The van der Waals surface area contributed by atoms with Gasteiger partial charge in [0, 0.05) is 11.3 Å². The van der Waals surface area contributed by atoms with Gasteiger partial charge in [-0.3, -0.25) is 14.2 Å². The van der Waals surface area contributed by atoms with Crippen molar-refractivity contribution >= 4 is 23.4 Å². The van der Waals surface area contributed by atoms with E-state index in [4.69, 9.17) is 0 Å². The number of hydrogen-bond acceptors (Lipinski definition) is 4. The second kappa shape index (κ2) is 6.36. The normalized spacial score (nSPS) is 13.0. The van der Waals surface area contributed by atoms with E-state index >= 15 is 0 Å². The third-order valence-electron chi connectivity index (χ3n) is 3.70. The first-order chi connectivity index (χ1) is 10.7. The largest absolute Gasteiger partial charge is 0.325 e. The molecule has 0 atom stereocenters. The summed E-state index contributed by atoms with van der Waals surface area (Å²) >= 11 is 1.40. The van der Waals surface area contributed by atoms with Gasteiger partial charge in [0.2, 0.25) is 5.91 Å². The minimum atomic E-state index is -0.219. The summed E-state index contributed by atoms with van der Waals surface area (Å²) in [6, 6.07) is 9.22. The predicted molar refractivity (Wildman–Crippen MR) is 87.4 cm³/mol. The molecule has 0 aliphatic heterocycles. The number of aromatic nitrogens is 2. The van der Waals surface area contributed by atoms with E-state index in [1.54, 1.807) is 0 Å². The number of carbonyl (C=O) groups is 1. The number of nitrogens with one attached hydrogen (secondary N) is 1. The summed E-state index contributed by atoms with van der Waals surface area (Å²) in [6.45, 7) is -0.00974. The summed E-state index contributed by atoms with van der Waals surface area (Å²) < 4.78 is 1.48. The molecule has 1 amide bonds. The van der Waals surface area contributed by atoms with Crippen LogP contribution in [0.15, 0.2) is 40.3 Å². The number of fused-ring (bicyclic) bond motifs is 1. The van der Waals surface area contributed by atoms with Crippen LogP contribution in [0.4, 0.5) is 5.69 Å². The van der Waals surface area contributed by atoms with E-state index < -0.39 is 0 Å². The quantitative estimate of drug-likeness (QED) is 0.693. The van der Waals surface area contributed by atoms with Crippen molar-refractivity contribution in [2.45, 2.75) is 31.0 Å². The molecule has 1 aliphatic rings. The summed E-state index contributed by atoms with van der Waals surface area (Å²) in [5.41, 5.74) is 2.31. The van der Waals surface area contributed by atoms with E-state index in [0.29, 0.717) is 5.16 Å². The van der Waals surface area contributed by atoms with Crippen molar-refractivity contribution in [1.82, 2.24) is 9.55 Å². The van der Waals surface area contributed by atoms with Crippen LogP contribution < -0.4 is 10.9 Å². The molecular formula is C16H17N3O2S. The molecule has 0 unspecified atom stereocenters. The van der Waals surface area contributed by atoms with Crippen LogP contribution in [-0.4, -0.2) is 21.7 Å². The van der Waals surface area contributed by atoms with Crippen molar-refractivity contribution in [1.29, 1.82) is 0 Å². The monoisotopic (exact) mass is 315 g/mol. The number of para-hydroxylation sites is 1. The Morgan fingerprint density at radius 1 is 1.32 bits per heavy atom. The number of benzene rings is 1. The van der Waals surface area contributed by atoms with Gasteiger partial charge in [-0.15, -0.1) is 0 Å². The number of aryl methyl sites for hydroxylation is 1. The van der Waals surface area contributed by atoms with Crippen LogP contribution in [0.2, 0.25) is 0 Å². The molecule has 0 spiro atoms. The van der Waals surface area contributed by atoms with Crippen LogP contribution in [0, 0.1) is 0 Å². The van der Waals surface area contributed by atoms with Gasteiger partial charge in [-0.05, 0) is 37.7 Å². The lowest BCUT2D eigenvalue weighted by Gasteiger charge is -2.12. The molecule has 1 heterocycles. The average molecular weight is 315 g/mol. The van der Waals surface area contributed by atoms with E-state index in [1.165, 1.54) is 16.3 Å². The van der Waals surface area contributed by atoms with E-state index in [-0.39, 0.29) is 18.0 Å². The fourth-order valence-electron chi connectivity index (χ4n) is 2.67. The van der Waals surface area contributed by atoms with E-state index in [1.807, 2.05) is 36.6 Å². The molecule has 1 aromatic carbocycles. The zero-order valence-corrected chi connectivity index (χ0v) is 13.2. The maximum absolute atomic E-state index is 12.6. The highest BCUT2D eigenvalue weighted by molar-refractivity contribution is 7.98. The highest BCUT2D eigenvalue weighted by Crippen LogP contribution is 2.20. The molecule has 5 nitrogen and oxygen atoms in total. The number of anilines is 1. The van der Waals surface area contributed by atoms with Crippen LogP contribution in [0.25, 0.3) is 0 Å². The molecule has 3 rings (SSSR count). The molecule has 1 N–H and O–H groups in total. The molecule has 22 heavy (non-hydrogen) atoms. The summed E-state index contributed by atoms with van der Waals surface area (Å²) in [5.74, 6) is -0.219. The lowest BCUT2D eigenvalue weighted by Crippen LogP contribution is -2.31. The fraction of sp³-hybridized carbons (Fsp3) is 0.312. The van der Waals surface area contributed by atoms with Gasteiger partial charge in [-0.2, -0.15) is 0 Å². The number of hydrogen-bond donors (Lipinski definition) is 1. The Kier molecular flexibility index (Phi) is 4.29. The van der Waals surface area contributed by atoms with Crippen molar-refractivity contribution in [3.05, 3.63) is 51.9 Å². The summed E-state index contributed by atoms with van der Waals surface area (Å²) in [5, 5.41) is 3.41. The van der Waals surface area contributed by atoms with Crippen molar-refractivity contribution in [3.8, 4) is 0 Å². The molecule has 2 aromatic rings. The molecule has 114 valence electrons.